The van der Waals surface area contributed by atoms with Gasteiger partial charge in [0.05, 0.1) is 0 Å². The van der Waals surface area contributed by atoms with Gasteiger partial charge in [0.25, 0.3) is 0 Å². The molecule has 76 valence electrons. The lowest BCUT2D eigenvalue weighted by atomic mass is 10.3. The molecule has 0 radical (unpaired) electrons. The molecule has 0 aliphatic rings. The molecule has 2 aromatic rings. The monoisotopic (exact) mass is 200 g/mol. The number of aromatic nitrogens is 3. The molecule has 0 amide bonds. The summed E-state index contributed by atoms with van der Waals surface area (Å²) in [7, 11) is 0. The minimum absolute atomic E-state index is 0.696. The Hall–Kier alpha value is -1.97. The van der Waals surface area contributed by atoms with Crippen LogP contribution in [0.4, 0.5) is 5.82 Å². The van der Waals surface area contributed by atoms with Crippen LogP contribution in [-0.4, -0.2) is 21.5 Å². The van der Waals surface area contributed by atoms with Crippen LogP contribution in [0, 0.1) is 0 Å². The van der Waals surface area contributed by atoms with Crippen LogP contribution >= 0.6 is 0 Å². The maximum absolute atomic E-state index is 4.37. The molecule has 4 nitrogen and oxygen atoms in total. The Morgan fingerprint density at radius 3 is 2.93 bits per heavy atom. The van der Waals surface area contributed by atoms with Crippen molar-refractivity contribution in [2.24, 2.45) is 0 Å². The summed E-state index contributed by atoms with van der Waals surface area (Å²) in [6.07, 6.45) is 5.23. The highest BCUT2D eigenvalue weighted by Gasteiger charge is 2.01. The fourth-order valence-corrected chi connectivity index (χ4v) is 1.27. The zero-order valence-electron chi connectivity index (χ0n) is 8.51. The van der Waals surface area contributed by atoms with Crippen LogP contribution in [0.1, 0.15) is 6.92 Å². The Bertz CT molecular complexity index is 428. The number of anilines is 1. The van der Waals surface area contributed by atoms with Gasteiger partial charge in [0.15, 0.2) is 5.82 Å². The highest BCUT2D eigenvalue weighted by atomic mass is 15.0. The highest BCUT2D eigenvalue weighted by Crippen LogP contribution is 2.13. The first kappa shape index (κ1) is 9.58. The highest BCUT2D eigenvalue weighted by molar-refractivity contribution is 5.55. The van der Waals surface area contributed by atoms with E-state index in [1.807, 2.05) is 25.1 Å². The van der Waals surface area contributed by atoms with Gasteiger partial charge in [-0.25, -0.2) is 9.97 Å². The molecule has 0 fully saturated rings. The molecule has 15 heavy (non-hydrogen) atoms. The summed E-state index contributed by atoms with van der Waals surface area (Å²) >= 11 is 0. The summed E-state index contributed by atoms with van der Waals surface area (Å²) in [6.45, 7) is 2.88. The van der Waals surface area contributed by atoms with E-state index in [2.05, 4.69) is 20.3 Å². The van der Waals surface area contributed by atoms with E-state index in [0.717, 1.165) is 17.9 Å². The number of nitrogens with one attached hydrogen (secondary N) is 1. The topological polar surface area (TPSA) is 50.7 Å². The second-order valence-electron chi connectivity index (χ2n) is 3.04. The number of nitrogens with zero attached hydrogens (tertiary/aromatic N) is 3. The van der Waals surface area contributed by atoms with Crippen molar-refractivity contribution in [3.05, 3.63) is 36.8 Å². The van der Waals surface area contributed by atoms with Gasteiger partial charge in [-0.2, -0.15) is 0 Å². The normalized spacial score (nSPS) is 9.93. The van der Waals surface area contributed by atoms with Crippen LogP contribution in [-0.2, 0) is 0 Å². The van der Waals surface area contributed by atoms with E-state index in [1.54, 1.807) is 18.6 Å². The van der Waals surface area contributed by atoms with Gasteiger partial charge in [0, 0.05) is 30.7 Å². The molecule has 0 atom stereocenters. The number of rotatable bonds is 3. The summed E-state index contributed by atoms with van der Waals surface area (Å²) in [5.41, 5.74) is 0.928. The van der Waals surface area contributed by atoms with Crippen LogP contribution in [0.15, 0.2) is 36.8 Å². The number of hydrogen-bond donors (Lipinski definition) is 1. The predicted octanol–water partition coefficient (Wildman–Crippen LogP) is 1.97. The van der Waals surface area contributed by atoms with Gasteiger partial charge in [0.2, 0.25) is 0 Å². The molecule has 0 saturated heterocycles. The fraction of sp³-hybridized carbons (Fsp3) is 0.182. The van der Waals surface area contributed by atoms with Crippen molar-refractivity contribution < 1.29 is 0 Å². The SMILES string of the molecule is CCNc1ccnc(-c2cccnc2)n1. The van der Waals surface area contributed by atoms with Crippen molar-refractivity contribution >= 4 is 5.82 Å². The molecule has 0 aliphatic carbocycles. The van der Waals surface area contributed by atoms with E-state index in [0.29, 0.717) is 5.82 Å². The fourth-order valence-electron chi connectivity index (χ4n) is 1.27. The first-order valence-electron chi connectivity index (χ1n) is 4.87. The molecule has 4 heteroatoms. The molecule has 1 N–H and O–H groups in total. The van der Waals surface area contributed by atoms with Gasteiger partial charge >= 0.3 is 0 Å². The molecule has 0 bridgehead atoms. The maximum Gasteiger partial charge on any atom is 0.163 e. The largest absolute Gasteiger partial charge is 0.370 e. The molecule has 0 aliphatic heterocycles. The Morgan fingerprint density at radius 1 is 1.27 bits per heavy atom. The number of pyridine rings is 1. The molecule has 0 aromatic carbocycles. The Balaban J connectivity index is 2.33. The summed E-state index contributed by atoms with van der Waals surface area (Å²) in [5, 5.41) is 3.15. The third-order valence-electron chi connectivity index (χ3n) is 1.93. The molecular weight excluding hydrogens is 188 g/mol. The second-order valence-corrected chi connectivity index (χ2v) is 3.04. The van der Waals surface area contributed by atoms with Gasteiger partial charge < -0.3 is 5.32 Å². The predicted molar refractivity (Wildman–Crippen MR) is 59.4 cm³/mol. The first-order valence-corrected chi connectivity index (χ1v) is 4.87. The number of hydrogen-bond acceptors (Lipinski definition) is 4. The maximum atomic E-state index is 4.37. The molecular formula is C11H12N4. The molecule has 2 aromatic heterocycles. The Morgan fingerprint density at radius 2 is 2.20 bits per heavy atom. The third kappa shape index (κ3) is 2.28. The average Bonchev–Trinajstić information content (AvgIpc) is 2.31. The van der Waals surface area contributed by atoms with Crippen molar-refractivity contribution in [3.63, 3.8) is 0 Å². The lowest BCUT2D eigenvalue weighted by molar-refractivity contribution is 1.11. The minimum atomic E-state index is 0.696. The average molecular weight is 200 g/mol. The summed E-state index contributed by atoms with van der Waals surface area (Å²) in [4.78, 5) is 12.6. The van der Waals surface area contributed by atoms with Crippen molar-refractivity contribution in [1.82, 2.24) is 15.0 Å². The molecule has 0 saturated carbocycles. The lowest BCUT2D eigenvalue weighted by Gasteiger charge is -2.03. The van der Waals surface area contributed by atoms with Gasteiger partial charge in [-0.1, -0.05) is 0 Å². The van der Waals surface area contributed by atoms with E-state index >= 15 is 0 Å². The lowest BCUT2D eigenvalue weighted by Crippen LogP contribution is -2.00. The van der Waals surface area contributed by atoms with Gasteiger partial charge in [-0.05, 0) is 25.1 Å². The van der Waals surface area contributed by atoms with Crippen molar-refractivity contribution in [1.29, 1.82) is 0 Å². The van der Waals surface area contributed by atoms with E-state index in [9.17, 15) is 0 Å². The standard InChI is InChI=1S/C11H12N4/c1-2-13-10-5-7-14-11(15-10)9-4-3-6-12-8-9/h3-8H,2H2,1H3,(H,13,14,15). The summed E-state index contributed by atoms with van der Waals surface area (Å²) in [6, 6.07) is 5.67. The second kappa shape index (κ2) is 4.50. The van der Waals surface area contributed by atoms with Crippen LogP contribution < -0.4 is 5.32 Å². The Labute approximate surface area is 88.4 Å². The van der Waals surface area contributed by atoms with Crippen molar-refractivity contribution in [2.45, 2.75) is 6.92 Å². The summed E-state index contributed by atoms with van der Waals surface area (Å²) < 4.78 is 0. The minimum Gasteiger partial charge on any atom is -0.370 e. The summed E-state index contributed by atoms with van der Waals surface area (Å²) in [5.74, 6) is 1.54. The van der Waals surface area contributed by atoms with Gasteiger partial charge in [0.1, 0.15) is 5.82 Å². The van der Waals surface area contributed by atoms with Crippen LogP contribution in [0.2, 0.25) is 0 Å². The molecule has 0 unspecified atom stereocenters. The van der Waals surface area contributed by atoms with E-state index < -0.39 is 0 Å². The van der Waals surface area contributed by atoms with Gasteiger partial charge in [-0.3, -0.25) is 4.98 Å². The van der Waals surface area contributed by atoms with Crippen LogP contribution in [0.5, 0.6) is 0 Å². The van der Waals surface area contributed by atoms with Crippen LogP contribution in [0.25, 0.3) is 11.4 Å². The van der Waals surface area contributed by atoms with E-state index in [-0.39, 0.29) is 0 Å². The smallest absolute Gasteiger partial charge is 0.163 e. The van der Waals surface area contributed by atoms with E-state index in [1.165, 1.54) is 0 Å². The molecule has 2 heterocycles. The van der Waals surface area contributed by atoms with E-state index in [4.69, 9.17) is 0 Å². The van der Waals surface area contributed by atoms with Crippen molar-refractivity contribution in [2.75, 3.05) is 11.9 Å². The zero-order valence-corrected chi connectivity index (χ0v) is 8.51. The quantitative estimate of drug-likeness (QED) is 0.823. The molecule has 0 spiro atoms. The molecule has 2 rings (SSSR count). The third-order valence-corrected chi connectivity index (χ3v) is 1.93. The zero-order chi connectivity index (χ0) is 10.5. The van der Waals surface area contributed by atoms with Gasteiger partial charge in [-0.15, -0.1) is 0 Å². The van der Waals surface area contributed by atoms with Crippen molar-refractivity contribution in [3.8, 4) is 11.4 Å². The first-order chi connectivity index (χ1) is 7.40. The Kier molecular flexibility index (Phi) is 2.88. The van der Waals surface area contributed by atoms with Crippen LogP contribution in [0.3, 0.4) is 0 Å².